The number of benzene rings is 1. The van der Waals surface area contributed by atoms with Crippen molar-refractivity contribution in [2.24, 2.45) is 5.92 Å². The average Bonchev–Trinajstić information content (AvgIpc) is 2.58. The molecule has 1 fully saturated rings. The normalized spacial score (nSPS) is 18.6. The Balaban J connectivity index is 1.85. The lowest BCUT2D eigenvalue weighted by molar-refractivity contribution is -0.121. The number of amides is 1. The van der Waals surface area contributed by atoms with E-state index in [0.717, 1.165) is 29.8 Å². The van der Waals surface area contributed by atoms with E-state index in [1.54, 1.807) is 13.8 Å². The van der Waals surface area contributed by atoms with E-state index in [2.05, 4.69) is 35.7 Å². The summed E-state index contributed by atoms with van der Waals surface area (Å²) in [5.74, 6) is 0.546. The molecule has 0 saturated carbocycles. The Bertz CT molecular complexity index is 811. The van der Waals surface area contributed by atoms with Crippen molar-refractivity contribution in [3.05, 3.63) is 28.8 Å². The fourth-order valence-corrected chi connectivity index (χ4v) is 5.70. The highest BCUT2D eigenvalue weighted by Crippen LogP contribution is 2.23. The maximum atomic E-state index is 12.7. The SMILES string of the molecule is Cc1cc(C)c(S(=O)(=O)NCCC(=O)NCC(C)(C)N2CCCC(C)C2)c(C)c1. The molecule has 1 aliphatic rings. The second-order valence-corrected chi connectivity index (χ2v) is 10.9. The minimum atomic E-state index is -3.64. The Morgan fingerprint density at radius 1 is 1.21 bits per heavy atom. The summed E-state index contributed by atoms with van der Waals surface area (Å²) in [5, 5.41) is 2.98. The van der Waals surface area contributed by atoms with E-state index >= 15 is 0 Å². The van der Waals surface area contributed by atoms with Crippen molar-refractivity contribution in [2.45, 2.75) is 71.2 Å². The second-order valence-electron chi connectivity index (χ2n) is 9.16. The minimum absolute atomic E-state index is 0.0854. The molecule has 2 N–H and O–H groups in total. The maximum absolute atomic E-state index is 12.7. The van der Waals surface area contributed by atoms with Crippen LogP contribution in [-0.4, -0.2) is 50.9 Å². The van der Waals surface area contributed by atoms with Gasteiger partial charge in [0.2, 0.25) is 15.9 Å². The summed E-state index contributed by atoms with van der Waals surface area (Å²) in [6.45, 7) is 14.9. The highest BCUT2D eigenvalue weighted by Gasteiger charge is 2.30. The van der Waals surface area contributed by atoms with Crippen LogP contribution in [0.5, 0.6) is 0 Å². The van der Waals surface area contributed by atoms with E-state index in [4.69, 9.17) is 0 Å². The van der Waals surface area contributed by atoms with Gasteiger partial charge >= 0.3 is 0 Å². The Hall–Kier alpha value is -1.44. The summed E-state index contributed by atoms with van der Waals surface area (Å²) in [6, 6.07) is 3.72. The predicted octanol–water partition coefficient (Wildman–Crippen LogP) is 2.91. The number of rotatable bonds is 8. The van der Waals surface area contributed by atoms with Gasteiger partial charge in [-0.25, -0.2) is 13.1 Å². The summed E-state index contributed by atoms with van der Waals surface area (Å²) in [4.78, 5) is 15.0. The summed E-state index contributed by atoms with van der Waals surface area (Å²) in [7, 11) is -3.64. The summed E-state index contributed by atoms with van der Waals surface area (Å²) in [5.41, 5.74) is 2.36. The zero-order valence-electron chi connectivity index (χ0n) is 18.8. The topological polar surface area (TPSA) is 78.5 Å². The molecule has 0 bridgehead atoms. The van der Waals surface area contributed by atoms with Crippen LogP contribution in [0.1, 0.15) is 56.7 Å². The molecule has 2 rings (SSSR count). The minimum Gasteiger partial charge on any atom is -0.354 e. The number of hydrogen-bond donors (Lipinski definition) is 2. The van der Waals surface area contributed by atoms with Gasteiger partial charge in [-0.15, -0.1) is 0 Å². The molecule has 1 atom stereocenters. The monoisotopic (exact) mass is 423 g/mol. The third kappa shape index (κ3) is 6.52. The van der Waals surface area contributed by atoms with E-state index in [9.17, 15) is 13.2 Å². The molecular weight excluding hydrogens is 386 g/mol. The molecular formula is C22H37N3O3S. The molecule has 0 spiro atoms. The van der Waals surface area contributed by atoms with Crippen molar-refractivity contribution in [1.29, 1.82) is 0 Å². The first-order valence-electron chi connectivity index (χ1n) is 10.5. The predicted molar refractivity (Wildman–Crippen MR) is 118 cm³/mol. The molecule has 7 heteroatoms. The van der Waals surface area contributed by atoms with E-state index in [1.165, 1.54) is 12.8 Å². The highest BCUT2D eigenvalue weighted by atomic mass is 32.2. The molecule has 0 radical (unpaired) electrons. The second kappa shape index (κ2) is 9.58. The zero-order valence-corrected chi connectivity index (χ0v) is 19.6. The molecule has 1 aliphatic heterocycles. The largest absolute Gasteiger partial charge is 0.354 e. The van der Waals surface area contributed by atoms with Crippen LogP contribution in [0.2, 0.25) is 0 Å². The van der Waals surface area contributed by atoms with Crippen LogP contribution in [0.3, 0.4) is 0 Å². The van der Waals surface area contributed by atoms with Crippen molar-refractivity contribution in [2.75, 3.05) is 26.2 Å². The number of carbonyl (C=O) groups excluding carboxylic acids is 1. The van der Waals surface area contributed by atoms with Gasteiger partial charge in [0.15, 0.2) is 0 Å². The average molecular weight is 424 g/mol. The molecule has 0 aliphatic carbocycles. The Morgan fingerprint density at radius 2 is 1.83 bits per heavy atom. The summed E-state index contributed by atoms with van der Waals surface area (Å²) in [6.07, 6.45) is 2.58. The maximum Gasteiger partial charge on any atom is 0.241 e. The first-order valence-corrected chi connectivity index (χ1v) is 12.0. The van der Waals surface area contributed by atoms with Crippen LogP contribution in [0, 0.1) is 26.7 Å². The van der Waals surface area contributed by atoms with Gasteiger partial charge in [-0.1, -0.05) is 24.6 Å². The molecule has 1 aromatic carbocycles. The van der Waals surface area contributed by atoms with Gasteiger partial charge in [-0.05, 0) is 71.0 Å². The molecule has 1 amide bonds. The highest BCUT2D eigenvalue weighted by molar-refractivity contribution is 7.89. The van der Waals surface area contributed by atoms with Gasteiger partial charge in [0.25, 0.3) is 0 Å². The molecule has 29 heavy (non-hydrogen) atoms. The van der Waals surface area contributed by atoms with E-state index in [0.29, 0.717) is 17.4 Å². The van der Waals surface area contributed by atoms with Crippen molar-refractivity contribution in [3.8, 4) is 0 Å². The number of likely N-dealkylation sites (tertiary alicyclic amines) is 1. The van der Waals surface area contributed by atoms with Crippen molar-refractivity contribution < 1.29 is 13.2 Å². The van der Waals surface area contributed by atoms with E-state index in [1.807, 2.05) is 19.1 Å². The van der Waals surface area contributed by atoms with Crippen molar-refractivity contribution in [1.82, 2.24) is 14.9 Å². The quantitative estimate of drug-likeness (QED) is 0.674. The molecule has 6 nitrogen and oxygen atoms in total. The number of nitrogens with zero attached hydrogens (tertiary/aromatic N) is 1. The molecule has 0 aromatic heterocycles. The van der Waals surface area contributed by atoms with E-state index in [-0.39, 0.29) is 24.4 Å². The summed E-state index contributed by atoms with van der Waals surface area (Å²) < 4.78 is 27.9. The first-order chi connectivity index (χ1) is 13.4. The van der Waals surface area contributed by atoms with Gasteiger partial charge in [0.05, 0.1) is 4.90 Å². The van der Waals surface area contributed by atoms with Crippen LogP contribution >= 0.6 is 0 Å². The molecule has 164 valence electrons. The van der Waals surface area contributed by atoms with Crippen molar-refractivity contribution >= 4 is 15.9 Å². The zero-order chi connectivity index (χ0) is 21.8. The summed E-state index contributed by atoms with van der Waals surface area (Å²) >= 11 is 0. The van der Waals surface area contributed by atoms with Gasteiger partial charge in [-0.3, -0.25) is 9.69 Å². The Morgan fingerprint density at radius 3 is 2.41 bits per heavy atom. The van der Waals surface area contributed by atoms with Gasteiger partial charge in [-0.2, -0.15) is 0 Å². The smallest absolute Gasteiger partial charge is 0.241 e. The van der Waals surface area contributed by atoms with Crippen LogP contribution in [-0.2, 0) is 14.8 Å². The van der Waals surface area contributed by atoms with Gasteiger partial charge in [0, 0.05) is 31.6 Å². The lowest BCUT2D eigenvalue weighted by Crippen LogP contribution is -2.54. The number of carbonyl (C=O) groups is 1. The molecule has 1 heterocycles. The first kappa shape index (κ1) is 23.8. The Kier molecular flexibility index (Phi) is 7.87. The number of hydrogen-bond acceptors (Lipinski definition) is 4. The third-order valence-corrected chi connectivity index (χ3v) is 7.51. The number of aryl methyl sites for hydroxylation is 3. The standard InChI is InChI=1S/C22H37N3O3S/c1-16-8-7-11-25(14-16)22(5,6)15-23-20(26)9-10-24-29(27,28)21-18(3)12-17(2)13-19(21)4/h12-13,16,24H,7-11,14-15H2,1-6H3,(H,23,26). The number of nitrogens with one attached hydrogen (secondary N) is 2. The molecule has 1 unspecified atom stereocenters. The van der Waals surface area contributed by atoms with E-state index < -0.39 is 10.0 Å². The fraction of sp³-hybridized carbons (Fsp3) is 0.682. The van der Waals surface area contributed by atoms with Gasteiger partial charge in [0.1, 0.15) is 0 Å². The molecule has 1 aromatic rings. The lowest BCUT2D eigenvalue weighted by atomic mass is 9.93. The number of piperidine rings is 1. The van der Waals surface area contributed by atoms with Crippen LogP contribution in [0.15, 0.2) is 17.0 Å². The third-order valence-electron chi connectivity index (χ3n) is 5.75. The lowest BCUT2D eigenvalue weighted by Gasteiger charge is -2.43. The Labute approximate surface area is 176 Å². The number of sulfonamides is 1. The van der Waals surface area contributed by atoms with Crippen molar-refractivity contribution in [3.63, 3.8) is 0 Å². The van der Waals surface area contributed by atoms with Gasteiger partial charge < -0.3 is 5.32 Å². The van der Waals surface area contributed by atoms with Crippen LogP contribution in [0.4, 0.5) is 0 Å². The van der Waals surface area contributed by atoms with Crippen LogP contribution in [0.25, 0.3) is 0 Å². The van der Waals surface area contributed by atoms with Crippen LogP contribution < -0.4 is 10.0 Å². The molecule has 1 saturated heterocycles. The fourth-order valence-electron chi connectivity index (χ4n) is 4.22.